The highest BCUT2D eigenvalue weighted by Gasteiger charge is 2.09. The van der Waals surface area contributed by atoms with Gasteiger partial charge in [0.15, 0.2) is 0 Å². The van der Waals surface area contributed by atoms with Crippen molar-refractivity contribution < 1.29 is 0 Å². The van der Waals surface area contributed by atoms with Gasteiger partial charge in [-0.15, -0.1) is 0 Å². The standard InChI is InChI=1S/C14H14Br2N2/c1-3-10-4-6-12(7-5-10)18(2)14-13(16)8-11(15)9-17-14/h4-9H,3H2,1-2H3. The van der Waals surface area contributed by atoms with E-state index in [1.807, 2.05) is 13.1 Å². The number of hydrogen-bond donors (Lipinski definition) is 0. The third-order valence-electron chi connectivity index (χ3n) is 2.84. The second kappa shape index (κ2) is 5.85. The molecule has 0 aliphatic rings. The third kappa shape index (κ3) is 2.93. The van der Waals surface area contributed by atoms with Crippen LogP contribution in [0.4, 0.5) is 11.5 Å². The smallest absolute Gasteiger partial charge is 0.147 e. The van der Waals surface area contributed by atoms with E-state index in [1.54, 1.807) is 6.20 Å². The van der Waals surface area contributed by atoms with Gasteiger partial charge in [0.05, 0.1) is 4.47 Å². The molecule has 0 spiro atoms. The van der Waals surface area contributed by atoms with Crippen LogP contribution in [-0.4, -0.2) is 12.0 Å². The fourth-order valence-corrected chi connectivity index (χ4v) is 2.99. The first kappa shape index (κ1) is 13.6. The predicted octanol–water partition coefficient (Wildman–Crippen LogP) is 4.94. The Balaban J connectivity index is 2.31. The number of aromatic nitrogens is 1. The van der Waals surface area contributed by atoms with Crippen molar-refractivity contribution in [3.8, 4) is 0 Å². The summed E-state index contributed by atoms with van der Waals surface area (Å²) in [6, 6.07) is 10.5. The molecule has 0 radical (unpaired) electrons. The summed E-state index contributed by atoms with van der Waals surface area (Å²) < 4.78 is 1.94. The van der Waals surface area contributed by atoms with Gasteiger partial charge in [-0.3, -0.25) is 0 Å². The van der Waals surface area contributed by atoms with Crippen molar-refractivity contribution in [3.05, 3.63) is 51.0 Å². The van der Waals surface area contributed by atoms with Crippen molar-refractivity contribution in [2.75, 3.05) is 11.9 Å². The van der Waals surface area contributed by atoms with Crippen LogP contribution in [0.5, 0.6) is 0 Å². The number of hydrogen-bond acceptors (Lipinski definition) is 2. The zero-order chi connectivity index (χ0) is 13.1. The molecule has 1 aromatic heterocycles. The lowest BCUT2D eigenvalue weighted by atomic mass is 10.1. The van der Waals surface area contributed by atoms with Crippen LogP contribution in [0.1, 0.15) is 12.5 Å². The predicted molar refractivity (Wildman–Crippen MR) is 83.5 cm³/mol. The molecular weight excluding hydrogens is 356 g/mol. The molecule has 18 heavy (non-hydrogen) atoms. The third-order valence-corrected chi connectivity index (χ3v) is 3.86. The molecule has 2 nitrogen and oxygen atoms in total. The number of aryl methyl sites for hydroxylation is 1. The van der Waals surface area contributed by atoms with Crippen LogP contribution in [0.2, 0.25) is 0 Å². The van der Waals surface area contributed by atoms with Gasteiger partial charge in [0, 0.05) is 23.4 Å². The summed E-state index contributed by atoms with van der Waals surface area (Å²) in [4.78, 5) is 6.49. The van der Waals surface area contributed by atoms with Gasteiger partial charge in [0.25, 0.3) is 0 Å². The Labute approximate surface area is 124 Å². The molecule has 0 amide bonds. The van der Waals surface area contributed by atoms with Crippen LogP contribution in [0.15, 0.2) is 45.5 Å². The van der Waals surface area contributed by atoms with Crippen LogP contribution >= 0.6 is 31.9 Å². The highest BCUT2D eigenvalue weighted by molar-refractivity contribution is 9.11. The van der Waals surface area contributed by atoms with Crippen molar-refractivity contribution in [2.45, 2.75) is 13.3 Å². The van der Waals surface area contributed by atoms with Gasteiger partial charge in [0.2, 0.25) is 0 Å². The summed E-state index contributed by atoms with van der Waals surface area (Å²) in [5.74, 6) is 0.905. The number of halogens is 2. The maximum absolute atomic E-state index is 4.43. The summed E-state index contributed by atoms with van der Waals surface area (Å²) in [6.45, 7) is 2.16. The minimum Gasteiger partial charge on any atom is -0.329 e. The van der Waals surface area contributed by atoms with Gasteiger partial charge in [-0.2, -0.15) is 0 Å². The Morgan fingerprint density at radius 1 is 1.17 bits per heavy atom. The Hall–Kier alpha value is -0.870. The van der Waals surface area contributed by atoms with Crippen molar-refractivity contribution in [1.29, 1.82) is 0 Å². The van der Waals surface area contributed by atoms with Crippen molar-refractivity contribution in [1.82, 2.24) is 4.98 Å². The normalized spacial score (nSPS) is 10.4. The SMILES string of the molecule is CCc1ccc(N(C)c2ncc(Br)cc2Br)cc1. The monoisotopic (exact) mass is 368 g/mol. The quantitative estimate of drug-likeness (QED) is 0.761. The highest BCUT2D eigenvalue weighted by Crippen LogP contribution is 2.30. The van der Waals surface area contributed by atoms with Crippen LogP contribution < -0.4 is 4.90 Å². The fourth-order valence-electron chi connectivity index (χ4n) is 1.73. The van der Waals surface area contributed by atoms with E-state index >= 15 is 0 Å². The first-order valence-corrected chi connectivity index (χ1v) is 7.34. The number of anilines is 2. The molecule has 0 saturated heterocycles. The van der Waals surface area contributed by atoms with Crippen LogP contribution in [0.3, 0.4) is 0 Å². The maximum atomic E-state index is 4.43. The molecule has 2 rings (SSSR count). The maximum Gasteiger partial charge on any atom is 0.147 e. The number of nitrogens with zero attached hydrogens (tertiary/aromatic N) is 2. The number of benzene rings is 1. The molecule has 94 valence electrons. The summed E-state index contributed by atoms with van der Waals surface area (Å²) in [5.41, 5.74) is 2.47. The molecule has 0 unspecified atom stereocenters. The summed E-state index contributed by atoms with van der Waals surface area (Å²) >= 11 is 6.95. The first-order valence-electron chi connectivity index (χ1n) is 5.75. The molecule has 0 N–H and O–H groups in total. The lowest BCUT2D eigenvalue weighted by Crippen LogP contribution is -2.11. The fraction of sp³-hybridized carbons (Fsp3) is 0.214. The molecular formula is C14H14Br2N2. The van der Waals surface area contributed by atoms with E-state index in [-0.39, 0.29) is 0 Å². The Bertz CT molecular complexity index is 538. The topological polar surface area (TPSA) is 16.1 Å². The van der Waals surface area contributed by atoms with E-state index in [9.17, 15) is 0 Å². The van der Waals surface area contributed by atoms with Gasteiger partial charge < -0.3 is 4.90 Å². The van der Waals surface area contributed by atoms with Crippen LogP contribution in [-0.2, 0) is 6.42 Å². The average Bonchev–Trinajstić information content (AvgIpc) is 2.38. The molecule has 1 aromatic carbocycles. The summed E-state index contributed by atoms with van der Waals surface area (Å²) in [5, 5.41) is 0. The van der Waals surface area contributed by atoms with E-state index in [0.29, 0.717) is 0 Å². The molecule has 0 fully saturated rings. The van der Waals surface area contributed by atoms with E-state index in [1.165, 1.54) is 5.56 Å². The molecule has 0 bridgehead atoms. The molecule has 1 heterocycles. The van der Waals surface area contributed by atoms with Crippen molar-refractivity contribution >= 4 is 43.4 Å². The summed E-state index contributed by atoms with van der Waals surface area (Å²) in [7, 11) is 2.02. The minimum atomic E-state index is 0.905. The molecule has 0 aliphatic heterocycles. The number of pyridine rings is 1. The van der Waals surface area contributed by atoms with Crippen LogP contribution in [0.25, 0.3) is 0 Å². The van der Waals surface area contributed by atoms with Gasteiger partial charge >= 0.3 is 0 Å². The highest BCUT2D eigenvalue weighted by atomic mass is 79.9. The van der Waals surface area contributed by atoms with Crippen LogP contribution in [0, 0.1) is 0 Å². The second-order valence-electron chi connectivity index (χ2n) is 4.04. The number of rotatable bonds is 3. The molecule has 4 heteroatoms. The molecule has 0 saturated carbocycles. The minimum absolute atomic E-state index is 0.905. The second-order valence-corrected chi connectivity index (χ2v) is 5.81. The van der Waals surface area contributed by atoms with Gasteiger partial charge in [-0.1, -0.05) is 19.1 Å². The van der Waals surface area contributed by atoms with Crippen molar-refractivity contribution in [3.63, 3.8) is 0 Å². The zero-order valence-electron chi connectivity index (χ0n) is 10.3. The van der Waals surface area contributed by atoms with E-state index in [4.69, 9.17) is 0 Å². The van der Waals surface area contributed by atoms with E-state index in [2.05, 4.69) is 72.9 Å². The van der Waals surface area contributed by atoms with Gasteiger partial charge in [-0.05, 0) is 62.0 Å². The Kier molecular flexibility index (Phi) is 4.40. The Morgan fingerprint density at radius 3 is 2.39 bits per heavy atom. The van der Waals surface area contributed by atoms with Gasteiger partial charge in [-0.25, -0.2) is 4.98 Å². The lowest BCUT2D eigenvalue weighted by molar-refractivity contribution is 1.10. The van der Waals surface area contributed by atoms with Crippen molar-refractivity contribution in [2.24, 2.45) is 0 Å². The first-order chi connectivity index (χ1) is 8.61. The van der Waals surface area contributed by atoms with E-state index < -0.39 is 0 Å². The largest absolute Gasteiger partial charge is 0.329 e. The molecule has 0 atom stereocenters. The lowest BCUT2D eigenvalue weighted by Gasteiger charge is -2.20. The summed E-state index contributed by atoms with van der Waals surface area (Å²) in [6.07, 6.45) is 2.86. The Morgan fingerprint density at radius 2 is 1.83 bits per heavy atom. The zero-order valence-corrected chi connectivity index (χ0v) is 13.5. The molecule has 2 aromatic rings. The van der Waals surface area contributed by atoms with E-state index in [0.717, 1.165) is 26.9 Å². The average molecular weight is 370 g/mol. The molecule has 0 aliphatic carbocycles. The van der Waals surface area contributed by atoms with Gasteiger partial charge in [0.1, 0.15) is 5.82 Å².